The molecule has 2 amide bonds. The molecule has 0 radical (unpaired) electrons. The van der Waals surface area contributed by atoms with Crippen molar-refractivity contribution >= 4 is 29.0 Å². The second kappa shape index (κ2) is 15.9. The van der Waals surface area contributed by atoms with Gasteiger partial charge in [-0.3, -0.25) is 14.4 Å². The fourth-order valence-corrected chi connectivity index (χ4v) is 8.28. The Balaban J connectivity index is 1.15. The molecule has 2 aromatic heterocycles. The number of nitrogens with one attached hydrogen (secondary N) is 3. The lowest BCUT2D eigenvalue weighted by Gasteiger charge is -2.31. The molecule has 3 heterocycles. The van der Waals surface area contributed by atoms with Crippen LogP contribution in [0.5, 0.6) is 0 Å². The largest absolute Gasteiger partial charge is 0.380 e. The lowest BCUT2D eigenvalue weighted by molar-refractivity contribution is -0.138. The van der Waals surface area contributed by atoms with Crippen molar-refractivity contribution in [2.75, 3.05) is 20.9 Å². The Morgan fingerprint density at radius 3 is 2.59 bits per heavy atom. The number of methoxy groups -OCH3 is 1. The van der Waals surface area contributed by atoms with Crippen LogP contribution in [0.15, 0.2) is 47.3 Å². The number of carbonyl (C=O) groups excluding carboxylic acids is 3. The van der Waals surface area contributed by atoms with E-state index in [0.29, 0.717) is 59.3 Å². The highest BCUT2D eigenvalue weighted by Crippen LogP contribution is 2.45. The van der Waals surface area contributed by atoms with Gasteiger partial charge in [-0.2, -0.15) is 0 Å². The molecule has 4 aromatic rings. The molecule has 0 saturated heterocycles. The number of hydrogen-bond donors (Lipinski definition) is 3. The molecule has 1 aliphatic heterocycles. The molecular formula is C42H48FN5O6. The number of fused-ring (bicyclic) bond motifs is 4. The van der Waals surface area contributed by atoms with Crippen LogP contribution < -0.4 is 21.5 Å². The Labute approximate surface area is 314 Å². The molecule has 1 saturated carbocycles. The van der Waals surface area contributed by atoms with E-state index in [1.54, 1.807) is 11.5 Å². The molecule has 4 atom stereocenters. The van der Waals surface area contributed by atoms with Gasteiger partial charge in [-0.05, 0) is 92.3 Å². The number of hydrogen-bond acceptors (Lipinski definition) is 8. The van der Waals surface area contributed by atoms with Crippen molar-refractivity contribution < 1.29 is 28.2 Å². The van der Waals surface area contributed by atoms with Gasteiger partial charge in [0.25, 0.3) is 5.56 Å². The van der Waals surface area contributed by atoms with Crippen molar-refractivity contribution in [2.45, 2.75) is 96.1 Å². The maximum Gasteiger partial charge on any atom is 0.257 e. The Hall–Kier alpha value is -4.78. The smallest absolute Gasteiger partial charge is 0.257 e. The number of carbonyl (C=O) groups is 3. The number of amides is 2. The normalized spacial score (nSPS) is 17.4. The molecule has 2 aliphatic carbocycles. The van der Waals surface area contributed by atoms with Gasteiger partial charge in [0.2, 0.25) is 11.8 Å². The molecule has 3 N–H and O–H groups in total. The molecule has 54 heavy (non-hydrogen) atoms. The van der Waals surface area contributed by atoms with Crippen molar-refractivity contribution in [1.29, 1.82) is 0 Å². The molecule has 0 spiro atoms. The van der Waals surface area contributed by atoms with Crippen molar-refractivity contribution in [3.8, 4) is 11.4 Å². The van der Waals surface area contributed by atoms with E-state index in [4.69, 9.17) is 14.5 Å². The van der Waals surface area contributed by atoms with Crippen LogP contribution in [-0.4, -0.2) is 60.7 Å². The summed E-state index contributed by atoms with van der Waals surface area (Å²) in [5, 5.41) is 10.1. The minimum absolute atomic E-state index is 0.0326. The zero-order valence-electron chi connectivity index (χ0n) is 31.3. The highest BCUT2D eigenvalue weighted by atomic mass is 19.1. The monoisotopic (exact) mass is 737 g/mol. The standard InChI is InChI=1S/C42H48FN5O6/c1-5-25(20-49)29-17-35-39-30(19-48(35)42(52)31(29)21-53-4)38-33(14-13-28-23(2)32(43)18-34(46-39)37(28)38)47-41(51)40(26-11-12-26)54-22-45-36(50)16-27(44-3)15-24-9-7-6-8-10-24/h6-10,17-18,20,25-27,33,40,44H,5,11-16,19,21-22H2,1-4H3,(H,45,50)(H,47,51). The first-order chi connectivity index (χ1) is 26.2. The first-order valence-corrected chi connectivity index (χ1v) is 18.9. The number of nitrogens with zero attached hydrogens (tertiary/aromatic N) is 2. The number of likely N-dealkylation sites (N-methyl/N-ethyl adjacent to an activating group) is 1. The van der Waals surface area contributed by atoms with Crippen LogP contribution in [0.4, 0.5) is 4.39 Å². The van der Waals surface area contributed by atoms with Crippen LogP contribution in [0.25, 0.3) is 22.3 Å². The zero-order chi connectivity index (χ0) is 38.1. The van der Waals surface area contributed by atoms with E-state index in [1.165, 1.54) is 13.2 Å². The summed E-state index contributed by atoms with van der Waals surface area (Å²) in [5.74, 6) is -1.28. The molecule has 3 aliphatic rings. The third-order valence-electron chi connectivity index (χ3n) is 11.4. The van der Waals surface area contributed by atoms with Crippen LogP contribution in [0, 0.1) is 18.7 Å². The molecule has 7 rings (SSSR count). The van der Waals surface area contributed by atoms with Crippen LogP contribution in [0.3, 0.4) is 0 Å². The first-order valence-electron chi connectivity index (χ1n) is 18.9. The number of aldehydes is 1. The van der Waals surface area contributed by atoms with Gasteiger partial charge in [0.05, 0.1) is 36.1 Å². The number of benzene rings is 2. The topological polar surface area (TPSA) is 141 Å². The average molecular weight is 738 g/mol. The van der Waals surface area contributed by atoms with Gasteiger partial charge >= 0.3 is 0 Å². The van der Waals surface area contributed by atoms with E-state index in [9.17, 15) is 19.2 Å². The van der Waals surface area contributed by atoms with Gasteiger partial charge in [0, 0.05) is 48.1 Å². The van der Waals surface area contributed by atoms with Gasteiger partial charge in [0.1, 0.15) is 24.9 Å². The number of aromatic nitrogens is 2. The molecule has 0 bridgehead atoms. The lowest BCUT2D eigenvalue weighted by Crippen LogP contribution is -2.43. The minimum atomic E-state index is -0.760. The summed E-state index contributed by atoms with van der Waals surface area (Å²) >= 11 is 0. The summed E-state index contributed by atoms with van der Waals surface area (Å²) in [6.45, 7) is 3.82. The van der Waals surface area contributed by atoms with E-state index in [-0.39, 0.29) is 61.5 Å². The third-order valence-corrected chi connectivity index (χ3v) is 11.4. The SMILES string of the molecule is CCC(C=O)c1cc2n(c(=O)c1COC)Cc1c-2nc2cc(F)c(C)c3c2c1C(NC(=O)C(OCNC(=O)CC(Cc1ccccc1)NC)C1CC1)CC3. The number of pyridine rings is 2. The second-order valence-electron chi connectivity index (χ2n) is 14.8. The predicted octanol–water partition coefficient (Wildman–Crippen LogP) is 4.90. The van der Waals surface area contributed by atoms with Crippen molar-refractivity contribution in [3.63, 3.8) is 0 Å². The molecule has 12 heteroatoms. The predicted molar refractivity (Wildman–Crippen MR) is 202 cm³/mol. The summed E-state index contributed by atoms with van der Waals surface area (Å²) in [5.41, 5.74) is 6.46. The van der Waals surface area contributed by atoms with Gasteiger partial charge in [0.15, 0.2) is 0 Å². The number of aryl methyl sites for hydroxylation is 1. The molecule has 1 fully saturated rings. The molecule has 284 valence electrons. The van der Waals surface area contributed by atoms with Crippen LogP contribution in [-0.2, 0) is 49.9 Å². The Morgan fingerprint density at radius 1 is 1.13 bits per heavy atom. The molecular weight excluding hydrogens is 689 g/mol. The van der Waals surface area contributed by atoms with Crippen LogP contribution >= 0.6 is 0 Å². The average Bonchev–Trinajstić information content (AvgIpc) is 3.95. The summed E-state index contributed by atoms with van der Waals surface area (Å²) in [7, 11) is 3.35. The fraction of sp³-hybridized carbons (Fsp3) is 0.452. The maximum absolute atomic E-state index is 15.4. The molecule has 11 nitrogen and oxygen atoms in total. The molecule has 2 aromatic carbocycles. The van der Waals surface area contributed by atoms with E-state index in [0.717, 1.165) is 46.8 Å². The zero-order valence-corrected chi connectivity index (χ0v) is 31.3. The van der Waals surface area contributed by atoms with E-state index in [2.05, 4.69) is 16.0 Å². The summed E-state index contributed by atoms with van der Waals surface area (Å²) in [6.07, 6.45) is 4.30. The Morgan fingerprint density at radius 2 is 1.91 bits per heavy atom. The van der Waals surface area contributed by atoms with Gasteiger partial charge in [-0.15, -0.1) is 0 Å². The van der Waals surface area contributed by atoms with Crippen LogP contribution in [0.1, 0.15) is 89.9 Å². The summed E-state index contributed by atoms with van der Waals surface area (Å²) in [4.78, 5) is 58.1. The van der Waals surface area contributed by atoms with Crippen LogP contribution in [0.2, 0.25) is 0 Å². The minimum Gasteiger partial charge on any atom is -0.380 e. The lowest BCUT2D eigenvalue weighted by atomic mass is 9.81. The third kappa shape index (κ3) is 7.22. The van der Waals surface area contributed by atoms with Crippen molar-refractivity contribution in [1.82, 2.24) is 25.5 Å². The van der Waals surface area contributed by atoms with E-state index >= 15 is 4.39 Å². The first kappa shape index (κ1) is 37.5. The number of halogens is 1. The Bertz CT molecular complexity index is 2150. The second-order valence-corrected chi connectivity index (χ2v) is 14.8. The summed E-state index contributed by atoms with van der Waals surface area (Å²) in [6, 6.07) is 12.7. The van der Waals surface area contributed by atoms with Gasteiger partial charge in [-0.25, -0.2) is 9.37 Å². The quantitative estimate of drug-likeness (QED) is 0.0960. The van der Waals surface area contributed by atoms with E-state index < -0.39 is 18.1 Å². The van der Waals surface area contributed by atoms with Gasteiger partial charge < -0.3 is 34.8 Å². The highest BCUT2D eigenvalue weighted by molar-refractivity contribution is 5.94. The van der Waals surface area contributed by atoms with Gasteiger partial charge in [-0.1, -0.05) is 37.3 Å². The number of rotatable bonds is 16. The van der Waals surface area contributed by atoms with E-state index in [1.807, 2.05) is 50.4 Å². The summed E-state index contributed by atoms with van der Waals surface area (Å²) < 4.78 is 28.5. The van der Waals surface area contributed by atoms with Crippen molar-refractivity contribution in [3.05, 3.63) is 97.6 Å². The maximum atomic E-state index is 15.4. The highest BCUT2D eigenvalue weighted by Gasteiger charge is 2.40. The van der Waals surface area contributed by atoms with Crippen molar-refractivity contribution in [2.24, 2.45) is 5.92 Å². The molecule has 4 unspecified atom stereocenters. The Kier molecular flexibility index (Phi) is 11.1. The number of ether oxygens (including phenoxy) is 2. The fourth-order valence-electron chi connectivity index (χ4n) is 8.28.